The van der Waals surface area contributed by atoms with Crippen LogP contribution in [0.5, 0.6) is 0 Å². The minimum atomic E-state index is -2.11. The molecule has 1 saturated carbocycles. The Bertz CT molecular complexity index is 1360. The number of nitro groups is 1. The van der Waals surface area contributed by atoms with Gasteiger partial charge in [0.15, 0.2) is 4.33 Å². The number of fused-ring (bicyclic) bond motifs is 5. The van der Waals surface area contributed by atoms with Gasteiger partial charge in [-0.1, -0.05) is 76.7 Å². The van der Waals surface area contributed by atoms with E-state index in [0.29, 0.717) is 10.6 Å². The maximum Gasteiger partial charge on any atom is 0.273 e. The van der Waals surface area contributed by atoms with Gasteiger partial charge in [-0.05, 0) is 17.7 Å². The minimum Gasteiger partial charge on any atom is -0.272 e. The van der Waals surface area contributed by atoms with Gasteiger partial charge >= 0.3 is 0 Å². The van der Waals surface area contributed by atoms with Crippen LogP contribution in [0.25, 0.3) is 0 Å². The van der Waals surface area contributed by atoms with E-state index in [9.17, 15) is 24.5 Å². The lowest BCUT2D eigenvalue weighted by Crippen LogP contribution is -2.55. The van der Waals surface area contributed by atoms with E-state index in [-0.39, 0.29) is 27.9 Å². The third-order valence-electron chi connectivity index (χ3n) is 6.86. The Hall–Kier alpha value is -2.07. The summed E-state index contributed by atoms with van der Waals surface area (Å²) in [5.41, 5.74) is 0.328. The van der Waals surface area contributed by atoms with Gasteiger partial charge in [-0.3, -0.25) is 24.5 Å². The van der Waals surface area contributed by atoms with E-state index >= 15 is 0 Å². The van der Waals surface area contributed by atoms with Crippen LogP contribution in [-0.2, 0) is 16.1 Å². The number of nitrogens with zero attached hydrogens (tertiary/aromatic N) is 3. The molecule has 2 aliphatic carbocycles. The van der Waals surface area contributed by atoms with E-state index in [1.54, 1.807) is 30.3 Å². The van der Waals surface area contributed by atoms with Gasteiger partial charge in [0.25, 0.3) is 23.4 Å². The van der Waals surface area contributed by atoms with Crippen molar-refractivity contribution in [2.75, 3.05) is 0 Å². The van der Waals surface area contributed by atoms with Crippen LogP contribution in [0.4, 0.5) is 5.69 Å². The van der Waals surface area contributed by atoms with Gasteiger partial charge in [-0.15, -0.1) is 23.2 Å². The zero-order valence-corrected chi connectivity index (χ0v) is 22.7. The highest BCUT2D eigenvalue weighted by Gasteiger charge is 2.88. The standard InChI is InChI=1S/C23H13Cl6N3O5/c24-16-17(25)22(27)15-14(21(16,26)23(22,28)29)19(34)31(20(15)35)30(10-11-4-2-1-3-5-11)18(33)12-6-8-13(9-7-12)32(36)37/h1-9,14-15H,10H2/t14-,15+,21-,22-/m1/s1. The van der Waals surface area contributed by atoms with E-state index in [4.69, 9.17) is 69.6 Å². The van der Waals surface area contributed by atoms with Gasteiger partial charge in [0.1, 0.15) is 9.75 Å². The van der Waals surface area contributed by atoms with Crippen LogP contribution in [-0.4, -0.2) is 46.7 Å². The number of alkyl halides is 4. The zero-order valence-electron chi connectivity index (χ0n) is 18.2. The topological polar surface area (TPSA) is 101 Å². The van der Waals surface area contributed by atoms with Crippen molar-refractivity contribution in [2.45, 2.75) is 20.6 Å². The number of halogens is 6. The Balaban J connectivity index is 1.60. The smallest absolute Gasteiger partial charge is 0.272 e. The Morgan fingerprint density at radius 2 is 1.38 bits per heavy atom. The first-order chi connectivity index (χ1) is 17.3. The van der Waals surface area contributed by atoms with E-state index in [0.717, 1.165) is 17.1 Å². The molecule has 192 valence electrons. The minimum absolute atomic E-state index is 0.0124. The summed E-state index contributed by atoms with van der Waals surface area (Å²) in [5.74, 6) is -5.43. The highest BCUT2D eigenvalue weighted by Crippen LogP contribution is 2.77. The molecule has 8 nitrogen and oxygen atoms in total. The molecule has 0 unspecified atom stereocenters. The molecule has 1 heterocycles. The number of hydrogen-bond donors (Lipinski definition) is 0. The number of imide groups is 1. The molecule has 1 saturated heterocycles. The molecule has 2 bridgehead atoms. The molecule has 14 heteroatoms. The second kappa shape index (κ2) is 8.73. The third kappa shape index (κ3) is 3.33. The number of hydrazine groups is 1. The molecule has 0 aromatic heterocycles. The summed E-state index contributed by atoms with van der Waals surface area (Å²) >= 11 is 39.3. The normalized spacial score (nSPS) is 29.6. The summed E-state index contributed by atoms with van der Waals surface area (Å²) in [5, 5.41) is 12.1. The predicted octanol–water partition coefficient (Wildman–Crippen LogP) is 5.60. The van der Waals surface area contributed by atoms with E-state index in [2.05, 4.69) is 0 Å². The second-order valence-electron chi connectivity index (χ2n) is 8.72. The average Bonchev–Trinajstić information content (AvgIpc) is 3.26. The highest BCUT2D eigenvalue weighted by atomic mass is 35.5. The molecular formula is C23H13Cl6N3O5. The molecule has 2 aromatic carbocycles. The van der Waals surface area contributed by atoms with Crippen molar-refractivity contribution < 1.29 is 19.3 Å². The largest absolute Gasteiger partial charge is 0.273 e. The lowest BCUT2D eigenvalue weighted by Gasteiger charge is -2.37. The van der Waals surface area contributed by atoms with Crippen molar-refractivity contribution in [1.29, 1.82) is 0 Å². The quantitative estimate of drug-likeness (QED) is 0.187. The summed E-state index contributed by atoms with van der Waals surface area (Å²) in [6.45, 7) is -0.208. The van der Waals surface area contributed by atoms with Crippen molar-refractivity contribution in [3.63, 3.8) is 0 Å². The van der Waals surface area contributed by atoms with Crippen LogP contribution in [0.15, 0.2) is 64.7 Å². The summed E-state index contributed by atoms with van der Waals surface area (Å²) in [7, 11) is 0. The molecule has 0 N–H and O–H groups in total. The zero-order chi connectivity index (χ0) is 27.1. The van der Waals surface area contributed by atoms with E-state index in [1.807, 2.05) is 0 Å². The Morgan fingerprint density at radius 3 is 1.84 bits per heavy atom. The van der Waals surface area contributed by atoms with Crippen LogP contribution in [0.3, 0.4) is 0 Å². The highest BCUT2D eigenvalue weighted by molar-refractivity contribution is 6.66. The number of nitro benzene ring substituents is 1. The van der Waals surface area contributed by atoms with E-state index in [1.165, 1.54) is 12.1 Å². The number of hydrogen-bond acceptors (Lipinski definition) is 5. The monoisotopic (exact) mass is 621 g/mol. The van der Waals surface area contributed by atoms with Gasteiger partial charge in [0.2, 0.25) is 0 Å². The molecule has 1 aliphatic heterocycles. The van der Waals surface area contributed by atoms with Gasteiger partial charge in [-0.25, -0.2) is 5.01 Å². The Labute approximate surface area is 239 Å². The first-order valence-corrected chi connectivity index (χ1v) is 12.9. The number of amides is 3. The number of non-ortho nitro benzene ring substituents is 1. The number of carbonyl (C=O) groups excluding carboxylic acids is 3. The SMILES string of the molecule is O=C(c1ccc([N+](=O)[O-])cc1)N(Cc1ccccc1)N1C(=O)[C@@H]2[C@H](C1=O)[C@@]1(Cl)C(Cl)=C(Cl)[C@@]2(Cl)C1(Cl)Cl. The van der Waals surface area contributed by atoms with Crippen LogP contribution >= 0.6 is 69.6 Å². The Morgan fingerprint density at radius 1 is 0.892 bits per heavy atom. The van der Waals surface area contributed by atoms with Gasteiger partial charge in [-0.2, -0.15) is 5.01 Å². The molecule has 0 radical (unpaired) electrons. The molecule has 3 aliphatic rings. The lowest BCUT2D eigenvalue weighted by atomic mass is 9.84. The lowest BCUT2D eigenvalue weighted by molar-refractivity contribution is -0.384. The van der Waals surface area contributed by atoms with E-state index < -0.39 is 48.6 Å². The van der Waals surface area contributed by atoms with Gasteiger partial charge in [0, 0.05) is 17.7 Å². The summed E-state index contributed by atoms with van der Waals surface area (Å²) in [6, 6.07) is 13.3. The summed E-state index contributed by atoms with van der Waals surface area (Å²) in [6.07, 6.45) is 0. The molecule has 5 rings (SSSR count). The van der Waals surface area contributed by atoms with Crippen LogP contribution < -0.4 is 0 Å². The fraction of sp³-hybridized carbons (Fsp3) is 0.261. The van der Waals surface area contributed by atoms with Crippen molar-refractivity contribution in [3.8, 4) is 0 Å². The molecule has 2 aromatic rings. The molecular weight excluding hydrogens is 611 g/mol. The first kappa shape index (κ1) is 26.5. The van der Waals surface area contributed by atoms with Crippen LogP contribution in [0.1, 0.15) is 15.9 Å². The Kier molecular flexibility index (Phi) is 6.26. The molecule has 0 spiro atoms. The van der Waals surface area contributed by atoms with Crippen molar-refractivity contribution in [3.05, 3.63) is 85.9 Å². The van der Waals surface area contributed by atoms with Crippen molar-refractivity contribution >= 4 is 93.0 Å². The molecule has 4 atom stereocenters. The molecule has 37 heavy (non-hydrogen) atoms. The van der Waals surface area contributed by atoms with Gasteiger partial charge in [0.05, 0.1) is 33.4 Å². The van der Waals surface area contributed by atoms with Crippen molar-refractivity contribution in [2.24, 2.45) is 11.8 Å². The van der Waals surface area contributed by atoms with Crippen LogP contribution in [0.2, 0.25) is 0 Å². The summed E-state index contributed by atoms with van der Waals surface area (Å²) in [4.78, 5) is 47.7. The number of carbonyl (C=O) groups is 3. The maximum atomic E-state index is 13.8. The predicted molar refractivity (Wildman–Crippen MR) is 139 cm³/mol. The summed E-state index contributed by atoms with van der Waals surface area (Å²) < 4.78 is -2.11. The second-order valence-corrected chi connectivity index (χ2v) is 12.0. The number of allylic oxidation sites excluding steroid dienone is 2. The van der Waals surface area contributed by atoms with Gasteiger partial charge < -0.3 is 0 Å². The first-order valence-electron chi connectivity index (χ1n) is 10.6. The van der Waals surface area contributed by atoms with Crippen LogP contribution in [0, 0.1) is 22.0 Å². The molecule has 2 fully saturated rings. The fourth-order valence-electron chi connectivity index (χ4n) is 5.08. The van der Waals surface area contributed by atoms with Crippen molar-refractivity contribution in [1.82, 2.24) is 10.0 Å². The average molecular weight is 624 g/mol. The fourth-order valence-corrected chi connectivity index (χ4v) is 8.01. The third-order valence-corrected chi connectivity index (χ3v) is 11.1. The number of benzene rings is 2. The maximum absolute atomic E-state index is 13.8. The molecule has 3 amide bonds. The number of rotatable bonds is 5.